The second-order valence-electron chi connectivity index (χ2n) is 4.28. The number of nitrogens with one attached hydrogen (secondary N) is 1. The number of aryl methyl sites for hydroxylation is 1. The molecule has 0 saturated heterocycles. The van der Waals surface area contributed by atoms with Crippen molar-refractivity contribution in [3.8, 4) is 0 Å². The van der Waals surface area contributed by atoms with Crippen LogP contribution in [0.15, 0.2) is 18.2 Å². The second-order valence-corrected chi connectivity index (χ2v) is 4.66. The van der Waals surface area contributed by atoms with Crippen molar-refractivity contribution in [1.29, 1.82) is 0 Å². The van der Waals surface area contributed by atoms with Crippen molar-refractivity contribution in [3.05, 3.63) is 34.3 Å². The molecule has 1 fully saturated rings. The van der Waals surface area contributed by atoms with Crippen LogP contribution in [0.3, 0.4) is 0 Å². The molecule has 0 radical (unpaired) electrons. The molecule has 0 spiro atoms. The lowest BCUT2D eigenvalue weighted by molar-refractivity contribution is -0.140. The molecule has 90 valence electrons. The molecule has 0 aromatic heterocycles. The Labute approximate surface area is 104 Å². The number of carboxylic acid groups (broad SMARTS) is 1. The lowest BCUT2D eigenvalue weighted by Crippen LogP contribution is -2.43. The number of hydrogen-bond acceptors (Lipinski definition) is 2. The van der Waals surface area contributed by atoms with E-state index in [0.29, 0.717) is 23.4 Å². The Balaban J connectivity index is 2.21. The van der Waals surface area contributed by atoms with Gasteiger partial charge in [0.05, 0.1) is 10.6 Å². The summed E-state index contributed by atoms with van der Waals surface area (Å²) in [5.74, 6) is -1.42. The van der Waals surface area contributed by atoms with Gasteiger partial charge in [0.15, 0.2) is 0 Å². The Morgan fingerprint density at radius 2 is 2.06 bits per heavy atom. The van der Waals surface area contributed by atoms with Gasteiger partial charge in [0.2, 0.25) is 0 Å². The lowest BCUT2D eigenvalue weighted by Gasteiger charge is -2.13. The van der Waals surface area contributed by atoms with Gasteiger partial charge in [-0.3, -0.25) is 4.79 Å². The van der Waals surface area contributed by atoms with E-state index in [4.69, 9.17) is 16.7 Å². The highest BCUT2D eigenvalue weighted by Gasteiger charge is 2.51. The highest BCUT2D eigenvalue weighted by molar-refractivity contribution is 6.34. The van der Waals surface area contributed by atoms with Crippen molar-refractivity contribution < 1.29 is 14.7 Å². The molecule has 0 atom stereocenters. The van der Waals surface area contributed by atoms with E-state index in [2.05, 4.69) is 5.32 Å². The first-order valence-electron chi connectivity index (χ1n) is 5.27. The Kier molecular flexibility index (Phi) is 2.83. The molecule has 0 aliphatic heterocycles. The van der Waals surface area contributed by atoms with Crippen LogP contribution in [0, 0.1) is 6.92 Å². The predicted molar refractivity (Wildman–Crippen MR) is 63.3 cm³/mol. The zero-order valence-corrected chi connectivity index (χ0v) is 10.0. The fraction of sp³-hybridized carbons (Fsp3) is 0.333. The number of carbonyl (C=O) groups excluding carboxylic acids is 1. The van der Waals surface area contributed by atoms with E-state index in [-0.39, 0.29) is 0 Å². The molecular weight excluding hydrogens is 242 g/mol. The summed E-state index contributed by atoms with van der Waals surface area (Å²) in [6, 6.07) is 5.10. The van der Waals surface area contributed by atoms with E-state index in [1.165, 1.54) is 0 Å². The normalized spacial score (nSPS) is 16.4. The highest BCUT2D eigenvalue weighted by Crippen LogP contribution is 2.36. The summed E-state index contributed by atoms with van der Waals surface area (Å²) in [6.07, 6.45) is 0.940. The number of halogens is 1. The molecule has 0 bridgehead atoms. The van der Waals surface area contributed by atoms with Crippen LogP contribution in [-0.2, 0) is 4.79 Å². The van der Waals surface area contributed by atoms with Gasteiger partial charge in [0, 0.05) is 0 Å². The third-order valence-electron chi connectivity index (χ3n) is 2.95. The van der Waals surface area contributed by atoms with E-state index in [0.717, 1.165) is 5.56 Å². The number of amides is 1. The number of benzene rings is 1. The molecule has 0 heterocycles. The molecule has 1 aliphatic rings. The smallest absolute Gasteiger partial charge is 0.329 e. The van der Waals surface area contributed by atoms with Crippen LogP contribution >= 0.6 is 11.6 Å². The van der Waals surface area contributed by atoms with Gasteiger partial charge in [-0.05, 0) is 31.4 Å². The number of aliphatic carboxylic acids is 1. The fourth-order valence-corrected chi connectivity index (χ4v) is 1.84. The number of carbonyl (C=O) groups is 2. The Bertz CT molecular complexity index is 495. The van der Waals surface area contributed by atoms with Gasteiger partial charge in [-0.25, -0.2) is 4.79 Å². The molecular formula is C12H12ClNO3. The predicted octanol–water partition coefficient (Wildman–Crippen LogP) is 2.00. The average molecular weight is 254 g/mol. The van der Waals surface area contributed by atoms with Crippen molar-refractivity contribution in [2.24, 2.45) is 0 Å². The minimum atomic E-state index is -1.08. The van der Waals surface area contributed by atoms with E-state index >= 15 is 0 Å². The lowest BCUT2D eigenvalue weighted by atomic mass is 10.1. The third-order valence-corrected chi connectivity index (χ3v) is 3.45. The maximum atomic E-state index is 11.9. The molecule has 5 heteroatoms. The molecule has 1 aromatic carbocycles. The number of rotatable bonds is 3. The van der Waals surface area contributed by atoms with Crippen LogP contribution in [0.1, 0.15) is 28.8 Å². The van der Waals surface area contributed by atoms with Gasteiger partial charge in [0.1, 0.15) is 5.54 Å². The standard InChI is InChI=1S/C12H12ClNO3/c1-7-3-2-4-8(9(7)13)10(15)14-12(5-6-12)11(16)17/h2-4H,5-6H2,1H3,(H,14,15)(H,16,17). The van der Waals surface area contributed by atoms with Gasteiger partial charge >= 0.3 is 5.97 Å². The number of hydrogen-bond donors (Lipinski definition) is 2. The van der Waals surface area contributed by atoms with E-state index in [1.807, 2.05) is 0 Å². The first kappa shape index (κ1) is 11.9. The summed E-state index contributed by atoms with van der Waals surface area (Å²) in [7, 11) is 0. The van der Waals surface area contributed by atoms with Gasteiger partial charge in [0.25, 0.3) is 5.91 Å². The van der Waals surface area contributed by atoms with Gasteiger partial charge in [-0.1, -0.05) is 23.7 Å². The second kappa shape index (κ2) is 4.04. The summed E-state index contributed by atoms with van der Waals surface area (Å²) in [5.41, 5.74) is 0.0307. The van der Waals surface area contributed by atoms with Crippen molar-refractivity contribution in [2.75, 3.05) is 0 Å². The zero-order valence-electron chi connectivity index (χ0n) is 9.29. The van der Waals surface area contributed by atoms with Crippen LogP contribution < -0.4 is 5.32 Å². The quantitative estimate of drug-likeness (QED) is 0.866. The van der Waals surface area contributed by atoms with Gasteiger partial charge in [-0.2, -0.15) is 0 Å². The molecule has 4 nitrogen and oxygen atoms in total. The van der Waals surface area contributed by atoms with Crippen LogP contribution in [0.5, 0.6) is 0 Å². The largest absolute Gasteiger partial charge is 0.480 e. The topological polar surface area (TPSA) is 66.4 Å². The summed E-state index contributed by atoms with van der Waals surface area (Å²) in [5, 5.41) is 11.9. The maximum Gasteiger partial charge on any atom is 0.329 e. The first-order valence-corrected chi connectivity index (χ1v) is 5.65. The minimum absolute atomic E-state index is 0.319. The number of carboxylic acids is 1. The van der Waals surface area contributed by atoms with E-state index in [1.54, 1.807) is 25.1 Å². The molecule has 2 rings (SSSR count). The SMILES string of the molecule is Cc1cccc(C(=O)NC2(C(=O)O)CC2)c1Cl. The summed E-state index contributed by atoms with van der Waals surface area (Å²) in [4.78, 5) is 22.9. The van der Waals surface area contributed by atoms with Crippen LogP contribution in [0.2, 0.25) is 5.02 Å². The minimum Gasteiger partial charge on any atom is -0.480 e. The average Bonchev–Trinajstić information content (AvgIpc) is 3.03. The zero-order chi connectivity index (χ0) is 12.6. The van der Waals surface area contributed by atoms with E-state index < -0.39 is 17.4 Å². The van der Waals surface area contributed by atoms with Crippen molar-refractivity contribution in [2.45, 2.75) is 25.3 Å². The fourth-order valence-electron chi connectivity index (χ4n) is 1.62. The molecule has 2 N–H and O–H groups in total. The molecule has 1 saturated carbocycles. The molecule has 1 aromatic rings. The first-order chi connectivity index (χ1) is 7.96. The van der Waals surface area contributed by atoms with Gasteiger partial charge < -0.3 is 10.4 Å². The Morgan fingerprint density at radius 1 is 1.41 bits per heavy atom. The Hall–Kier alpha value is -1.55. The monoisotopic (exact) mass is 253 g/mol. The van der Waals surface area contributed by atoms with E-state index in [9.17, 15) is 9.59 Å². The summed E-state index contributed by atoms with van der Waals surface area (Å²) < 4.78 is 0. The summed E-state index contributed by atoms with van der Waals surface area (Å²) in [6.45, 7) is 1.79. The van der Waals surface area contributed by atoms with Crippen LogP contribution in [0.4, 0.5) is 0 Å². The molecule has 1 amide bonds. The molecule has 17 heavy (non-hydrogen) atoms. The van der Waals surface area contributed by atoms with Crippen molar-refractivity contribution in [3.63, 3.8) is 0 Å². The third kappa shape index (κ3) is 2.13. The van der Waals surface area contributed by atoms with Crippen LogP contribution in [0.25, 0.3) is 0 Å². The van der Waals surface area contributed by atoms with Crippen molar-refractivity contribution >= 4 is 23.5 Å². The van der Waals surface area contributed by atoms with Gasteiger partial charge in [-0.15, -0.1) is 0 Å². The molecule has 0 unspecified atom stereocenters. The van der Waals surface area contributed by atoms with Crippen LogP contribution in [-0.4, -0.2) is 22.5 Å². The Morgan fingerprint density at radius 3 is 2.59 bits per heavy atom. The summed E-state index contributed by atoms with van der Waals surface area (Å²) >= 11 is 6.01. The molecule has 1 aliphatic carbocycles. The van der Waals surface area contributed by atoms with Crippen molar-refractivity contribution in [1.82, 2.24) is 5.32 Å². The highest BCUT2D eigenvalue weighted by atomic mass is 35.5. The maximum absolute atomic E-state index is 11.9.